The number of unbranched alkanes of at least 4 members (excludes halogenated alkanes) is 7. The number of rotatable bonds is 12. The van der Waals surface area contributed by atoms with Crippen molar-refractivity contribution in [1.29, 1.82) is 0 Å². The fraction of sp³-hybridized carbons (Fsp3) is 1.00. The van der Waals surface area contributed by atoms with Gasteiger partial charge in [-0.1, -0.05) is 65.2 Å². The van der Waals surface area contributed by atoms with E-state index in [-0.39, 0.29) is 0 Å². The molecule has 0 atom stereocenters. The minimum absolute atomic E-state index is 0.695. The van der Waals surface area contributed by atoms with Gasteiger partial charge in [-0.3, -0.25) is 0 Å². The molecule has 1 fully saturated rings. The second-order valence-corrected chi connectivity index (χ2v) is 6.36. The van der Waals surface area contributed by atoms with Gasteiger partial charge in [-0.25, -0.2) is 0 Å². The molecule has 1 aliphatic rings. The Labute approximate surface area is 115 Å². The molecule has 0 bridgehead atoms. The van der Waals surface area contributed by atoms with Crippen LogP contribution in [0, 0.1) is 5.41 Å². The minimum atomic E-state index is 0.695. The lowest BCUT2D eigenvalue weighted by Gasteiger charge is -2.41. The summed E-state index contributed by atoms with van der Waals surface area (Å²) >= 11 is 0. The summed E-state index contributed by atoms with van der Waals surface area (Å²) in [4.78, 5) is 0. The van der Waals surface area contributed by atoms with E-state index in [1.165, 1.54) is 90.1 Å². The Morgan fingerprint density at radius 3 is 1.94 bits per heavy atom. The average Bonchev–Trinajstić information content (AvgIpc) is 2.34. The molecule has 1 heteroatoms. The molecule has 0 heterocycles. The van der Waals surface area contributed by atoms with Crippen molar-refractivity contribution in [2.75, 3.05) is 13.1 Å². The third-order valence-corrected chi connectivity index (χ3v) is 4.87. The van der Waals surface area contributed by atoms with E-state index in [0.717, 1.165) is 0 Å². The maximum absolute atomic E-state index is 3.69. The van der Waals surface area contributed by atoms with Gasteiger partial charge in [0.05, 0.1) is 0 Å². The molecule has 1 rings (SSSR count). The van der Waals surface area contributed by atoms with E-state index in [1.807, 2.05) is 0 Å². The molecule has 1 aliphatic carbocycles. The van der Waals surface area contributed by atoms with Crippen molar-refractivity contribution >= 4 is 0 Å². The average molecular weight is 253 g/mol. The van der Waals surface area contributed by atoms with Crippen LogP contribution in [0.3, 0.4) is 0 Å². The largest absolute Gasteiger partial charge is 0.316 e. The molecule has 0 unspecified atom stereocenters. The Morgan fingerprint density at radius 2 is 1.44 bits per heavy atom. The van der Waals surface area contributed by atoms with E-state index in [1.54, 1.807) is 0 Å². The summed E-state index contributed by atoms with van der Waals surface area (Å²) in [5, 5.41) is 3.69. The Hall–Kier alpha value is -0.0400. The topological polar surface area (TPSA) is 12.0 Å². The number of nitrogens with one attached hydrogen (secondary N) is 1. The first-order chi connectivity index (χ1) is 8.83. The van der Waals surface area contributed by atoms with Gasteiger partial charge in [-0.05, 0) is 37.6 Å². The summed E-state index contributed by atoms with van der Waals surface area (Å²) in [5.41, 5.74) is 0.695. The predicted molar refractivity (Wildman–Crippen MR) is 82.1 cm³/mol. The quantitative estimate of drug-likeness (QED) is 0.466. The first-order valence-electron chi connectivity index (χ1n) is 8.54. The standard InChI is InChI=1S/C17H35N/c1-3-5-6-7-8-9-10-11-15-18-16-17(4-2)13-12-14-17/h18H,3-16H2,1-2H3. The molecule has 0 aliphatic heterocycles. The van der Waals surface area contributed by atoms with E-state index in [0.29, 0.717) is 5.41 Å². The third-order valence-electron chi connectivity index (χ3n) is 4.87. The fourth-order valence-electron chi connectivity index (χ4n) is 3.07. The first kappa shape index (κ1) is 16.0. The van der Waals surface area contributed by atoms with Crippen LogP contribution >= 0.6 is 0 Å². The van der Waals surface area contributed by atoms with Crippen molar-refractivity contribution < 1.29 is 0 Å². The second kappa shape index (κ2) is 9.83. The van der Waals surface area contributed by atoms with E-state index in [4.69, 9.17) is 0 Å². The molecule has 0 radical (unpaired) electrons. The van der Waals surface area contributed by atoms with Gasteiger partial charge in [0.15, 0.2) is 0 Å². The van der Waals surface area contributed by atoms with Gasteiger partial charge in [0.25, 0.3) is 0 Å². The SMILES string of the molecule is CCCCCCCCCCNCC1(CC)CCC1. The maximum Gasteiger partial charge on any atom is 0.000770 e. The monoisotopic (exact) mass is 253 g/mol. The molecule has 0 aromatic carbocycles. The summed E-state index contributed by atoms with van der Waals surface area (Å²) < 4.78 is 0. The van der Waals surface area contributed by atoms with Gasteiger partial charge >= 0.3 is 0 Å². The summed E-state index contributed by atoms with van der Waals surface area (Å²) in [6.45, 7) is 7.17. The van der Waals surface area contributed by atoms with E-state index in [2.05, 4.69) is 19.2 Å². The van der Waals surface area contributed by atoms with Crippen molar-refractivity contribution in [3.8, 4) is 0 Å². The fourth-order valence-corrected chi connectivity index (χ4v) is 3.07. The Morgan fingerprint density at radius 1 is 0.833 bits per heavy atom. The van der Waals surface area contributed by atoms with Crippen LogP contribution in [0.25, 0.3) is 0 Å². The second-order valence-electron chi connectivity index (χ2n) is 6.36. The summed E-state index contributed by atoms with van der Waals surface area (Å²) in [6, 6.07) is 0. The molecular weight excluding hydrogens is 218 g/mol. The number of hydrogen-bond acceptors (Lipinski definition) is 1. The zero-order valence-corrected chi connectivity index (χ0v) is 12.9. The summed E-state index contributed by atoms with van der Waals surface area (Å²) in [6.07, 6.45) is 17.2. The zero-order chi connectivity index (χ0) is 13.1. The molecule has 1 N–H and O–H groups in total. The lowest BCUT2D eigenvalue weighted by Crippen LogP contribution is -2.39. The highest BCUT2D eigenvalue weighted by molar-refractivity contribution is 4.88. The zero-order valence-electron chi connectivity index (χ0n) is 12.9. The lowest BCUT2D eigenvalue weighted by atomic mass is 9.67. The molecule has 18 heavy (non-hydrogen) atoms. The third kappa shape index (κ3) is 6.22. The molecule has 1 saturated carbocycles. The van der Waals surface area contributed by atoms with Crippen molar-refractivity contribution in [3.63, 3.8) is 0 Å². The maximum atomic E-state index is 3.69. The lowest BCUT2D eigenvalue weighted by molar-refractivity contribution is 0.124. The van der Waals surface area contributed by atoms with Crippen molar-refractivity contribution in [1.82, 2.24) is 5.32 Å². The minimum Gasteiger partial charge on any atom is -0.316 e. The molecule has 0 amide bonds. The predicted octanol–water partition coefficient (Wildman–Crippen LogP) is 5.30. The number of hydrogen-bond donors (Lipinski definition) is 1. The van der Waals surface area contributed by atoms with Crippen LogP contribution in [0.1, 0.15) is 90.9 Å². The Kier molecular flexibility index (Phi) is 8.75. The summed E-state index contributed by atoms with van der Waals surface area (Å²) in [5.74, 6) is 0. The van der Waals surface area contributed by atoms with Gasteiger partial charge in [-0.15, -0.1) is 0 Å². The van der Waals surface area contributed by atoms with Crippen LogP contribution in [0.4, 0.5) is 0 Å². The van der Waals surface area contributed by atoms with Gasteiger partial charge < -0.3 is 5.32 Å². The van der Waals surface area contributed by atoms with E-state index < -0.39 is 0 Å². The molecule has 0 spiro atoms. The van der Waals surface area contributed by atoms with E-state index >= 15 is 0 Å². The van der Waals surface area contributed by atoms with Crippen LogP contribution in [-0.2, 0) is 0 Å². The first-order valence-corrected chi connectivity index (χ1v) is 8.54. The van der Waals surface area contributed by atoms with Crippen molar-refractivity contribution in [2.45, 2.75) is 90.9 Å². The molecule has 108 valence electrons. The highest BCUT2D eigenvalue weighted by atomic mass is 14.9. The Balaban J connectivity index is 1.78. The van der Waals surface area contributed by atoms with E-state index in [9.17, 15) is 0 Å². The molecule has 0 aromatic rings. The van der Waals surface area contributed by atoms with Gasteiger partial charge in [0.2, 0.25) is 0 Å². The molecule has 1 nitrogen and oxygen atoms in total. The molecular formula is C17H35N. The van der Waals surface area contributed by atoms with Gasteiger partial charge in [-0.2, -0.15) is 0 Å². The van der Waals surface area contributed by atoms with Crippen LogP contribution in [0.5, 0.6) is 0 Å². The summed E-state index contributed by atoms with van der Waals surface area (Å²) in [7, 11) is 0. The van der Waals surface area contributed by atoms with Crippen molar-refractivity contribution in [2.24, 2.45) is 5.41 Å². The smallest absolute Gasteiger partial charge is 0.000770 e. The van der Waals surface area contributed by atoms with Gasteiger partial charge in [0, 0.05) is 6.54 Å². The van der Waals surface area contributed by atoms with Crippen molar-refractivity contribution in [3.05, 3.63) is 0 Å². The van der Waals surface area contributed by atoms with Gasteiger partial charge in [0.1, 0.15) is 0 Å². The Bertz CT molecular complexity index is 179. The highest BCUT2D eigenvalue weighted by Gasteiger charge is 2.34. The van der Waals surface area contributed by atoms with Crippen LogP contribution in [0.15, 0.2) is 0 Å². The molecule has 0 aromatic heterocycles. The van der Waals surface area contributed by atoms with Crippen LogP contribution in [0.2, 0.25) is 0 Å². The van der Waals surface area contributed by atoms with Crippen LogP contribution < -0.4 is 5.32 Å². The van der Waals surface area contributed by atoms with Crippen LogP contribution in [-0.4, -0.2) is 13.1 Å². The molecule has 0 saturated heterocycles. The normalized spacial score (nSPS) is 17.7. The highest BCUT2D eigenvalue weighted by Crippen LogP contribution is 2.42.